The standard InChI is InChI=1S/C50H82N8O12S/c1-13-31(6)44(56(10)50(65)42(29(2)3)53-49(64)43(30(4)5)55(8)9)39(68-11)26-40(59)58-23-14-15-38(58)45(69-12)32(7)47(62)52-37(48(63)54-71(66,67)36-20-21-36)25-33-16-18-35(19-17-33)70-28-41(60)57-24-22-34(27-57)46(51)61/h16-19,29-32,34,36-39,42-45H,13-15,20-28H2,1-12H3,(H2,51,61)(H,52,62)(H,53,64)(H,54,63)/t31-,32+,34+,37-,38-,39+,42-,43?,44-,45+/m0/s1. The number of carbonyl (C=O) groups is 7. The number of hydrogen-bond acceptors (Lipinski definition) is 13. The number of likely N-dealkylation sites (N-methyl/N-ethyl adjacent to an activating group) is 2. The van der Waals surface area contributed by atoms with Crippen molar-refractivity contribution >= 4 is 51.4 Å². The quantitative estimate of drug-likeness (QED) is 0.0980. The molecule has 1 saturated carbocycles. The summed E-state index contributed by atoms with van der Waals surface area (Å²) in [6.45, 7) is 14.0. The zero-order valence-electron chi connectivity index (χ0n) is 44.0. The highest BCUT2D eigenvalue weighted by Gasteiger charge is 2.44. The Kier molecular flexibility index (Phi) is 21.7. The van der Waals surface area contributed by atoms with Crippen LogP contribution >= 0.6 is 0 Å². The lowest BCUT2D eigenvalue weighted by Gasteiger charge is -2.41. The van der Waals surface area contributed by atoms with Crippen molar-refractivity contribution in [2.45, 2.75) is 147 Å². The Hall–Kier alpha value is -4.86. The molecule has 2 heterocycles. The molecular weight excluding hydrogens is 937 g/mol. The van der Waals surface area contributed by atoms with Crippen LogP contribution in [0.1, 0.15) is 99.0 Å². The van der Waals surface area contributed by atoms with Gasteiger partial charge in [-0.05, 0) is 81.6 Å². The van der Waals surface area contributed by atoms with E-state index in [0.29, 0.717) is 62.9 Å². The molecule has 20 nitrogen and oxygen atoms in total. The molecule has 0 aromatic heterocycles. The number of benzene rings is 1. The number of ether oxygens (including phenoxy) is 3. The molecule has 10 atom stereocenters. The molecule has 2 aliphatic heterocycles. The molecule has 0 spiro atoms. The molecule has 5 N–H and O–H groups in total. The summed E-state index contributed by atoms with van der Waals surface area (Å²) in [6, 6.07) is 2.79. The zero-order chi connectivity index (χ0) is 53.1. The smallest absolute Gasteiger partial charge is 0.260 e. The fourth-order valence-electron chi connectivity index (χ4n) is 10.0. The molecule has 0 radical (unpaired) electrons. The number of nitrogens with one attached hydrogen (secondary N) is 3. The van der Waals surface area contributed by atoms with Gasteiger partial charge in [0.25, 0.3) is 11.8 Å². The van der Waals surface area contributed by atoms with E-state index in [0.717, 1.165) is 0 Å². The molecule has 3 aliphatic rings. The van der Waals surface area contributed by atoms with Crippen molar-refractivity contribution < 1.29 is 56.2 Å². The summed E-state index contributed by atoms with van der Waals surface area (Å²) in [7, 11) is 4.33. The lowest BCUT2D eigenvalue weighted by molar-refractivity contribution is -0.148. The third kappa shape index (κ3) is 15.6. The fourth-order valence-corrected chi connectivity index (χ4v) is 11.4. The molecule has 21 heteroatoms. The van der Waals surface area contributed by atoms with Gasteiger partial charge in [-0.2, -0.15) is 0 Å². The summed E-state index contributed by atoms with van der Waals surface area (Å²) in [5.74, 6) is -4.35. The third-order valence-electron chi connectivity index (χ3n) is 14.5. The number of nitrogens with zero attached hydrogens (tertiary/aromatic N) is 4. The van der Waals surface area contributed by atoms with Gasteiger partial charge in [0.05, 0.1) is 53.8 Å². The van der Waals surface area contributed by atoms with Crippen LogP contribution < -0.4 is 25.8 Å². The van der Waals surface area contributed by atoms with Gasteiger partial charge in [-0.25, -0.2) is 8.42 Å². The Morgan fingerprint density at radius 3 is 1.99 bits per heavy atom. The normalized spacial score (nSPS) is 20.7. The number of likely N-dealkylation sites (tertiary alicyclic amines) is 2. The van der Waals surface area contributed by atoms with E-state index in [9.17, 15) is 42.0 Å². The van der Waals surface area contributed by atoms with Crippen LogP contribution in [0.2, 0.25) is 0 Å². The molecule has 1 aromatic rings. The second-order valence-corrected chi connectivity index (χ2v) is 22.6. The maximum Gasteiger partial charge on any atom is 0.260 e. The molecule has 1 aliphatic carbocycles. The summed E-state index contributed by atoms with van der Waals surface area (Å²) >= 11 is 0. The van der Waals surface area contributed by atoms with Crippen LogP contribution in [-0.4, -0.2) is 179 Å². The minimum atomic E-state index is -3.98. The first kappa shape index (κ1) is 58.7. The molecule has 0 bridgehead atoms. The molecular formula is C50H82N8O12S. The molecule has 400 valence electrons. The monoisotopic (exact) mass is 1020 g/mol. The Labute approximate surface area is 421 Å². The van der Waals surface area contributed by atoms with Crippen molar-refractivity contribution in [3.05, 3.63) is 29.8 Å². The highest BCUT2D eigenvalue weighted by Crippen LogP contribution is 2.31. The van der Waals surface area contributed by atoms with E-state index < -0.39 is 87.2 Å². The van der Waals surface area contributed by atoms with Crippen molar-refractivity contribution in [1.29, 1.82) is 0 Å². The van der Waals surface area contributed by atoms with Gasteiger partial charge >= 0.3 is 0 Å². The largest absolute Gasteiger partial charge is 0.484 e. The second kappa shape index (κ2) is 26.2. The number of nitrogens with two attached hydrogens (primary N) is 1. The first-order chi connectivity index (χ1) is 33.4. The van der Waals surface area contributed by atoms with Crippen molar-refractivity contribution in [3.8, 4) is 5.75 Å². The van der Waals surface area contributed by atoms with E-state index in [-0.39, 0.29) is 67.4 Å². The average molecular weight is 1020 g/mol. The number of carbonyl (C=O) groups excluding carboxylic acids is 7. The number of hydrogen-bond donors (Lipinski definition) is 4. The van der Waals surface area contributed by atoms with Crippen molar-refractivity contribution in [3.63, 3.8) is 0 Å². The first-order valence-electron chi connectivity index (χ1n) is 25.1. The van der Waals surface area contributed by atoms with Crippen LogP contribution in [-0.2, 0) is 59.5 Å². The first-order valence-corrected chi connectivity index (χ1v) is 26.6. The number of rotatable bonds is 27. The van der Waals surface area contributed by atoms with E-state index in [1.807, 2.05) is 60.5 Å². The maximum absolute atomic E-state index is 14.5. The SMILES string of the molecule is CC[C@H](C)[C@@H]([C@@H](CC(=O)N1CCC[C@H]1[C@H](OC)[C@@H](C)C(=O)N[C@@H](Cc1ccc(OCC(=O)N2CC[C@@H](C(N)=O)C2)cc1)C(=O)NS(=O)(=O)C1CC1)OC)N(C)C(=O)[C@@H](NC(=O)C(C(C)C)N(C)C)C(C)C. The highest BCUT2D eigenvalue weighted by atomic mass is 32.2. The molecule has 7 amide bonds. The van der Waals surface area contributed by atoms with Crippen molar-refractivity contribution in [2.75, 3.05) is 61.6 Å². The maximum atomic E-state index is 14.5. The summed E-state index contributed by atoms with van der Waals surface area (Å²) in [6.07, 6.45) is 1.41. The van der Waals surface area contributed by atoms with Crippen LogP contribution in [0, 0.1) is 29.6 Å². The molecule has 1 unspecified atom stereocenters. The fraction of sp³-hybridized carbons (Fsp3) is 0.740. The minimum absolute atomic E-state index is 0.00125. The molecule has 71 heavy (non-hydrogen) atoms. The Balaban J connectivity index is 1.48. The molecule has 3 fully saturated rings. The van der Waals surface area contributed by atoms with Gasteiger partial charge in [0.2, 0.25) is 39.6 Å². The van der Waals surface area contributed by atoms with E-state index in [4.69, 9.17) is 19.9 Å². The second-order valence-electron chi connectivity index (χ2n) is 20.6. The summed E-state index contributed by atoms with van der Waals surface area (Å²) in [5.41, 5.74) is 5.96. The van der Waals surface area contributed by atoms with Gasteiger partial charge in [0.1, 0.15) is 17.8 Å². The lowest BCUT2D eigenvalue weighted by atomic mass is 9.89. The molecule has 1 aromatic carbocycles. The van der Waals surface area contributed by atoms with E-state index >= 15 is 0 Å². The van der Waals surface area contributed by atoms with Gasteiger partial charge in [-0.3, -0.25) is 43.2 Å². The number of sulfonamides is 1. The minimum Gasteiger partial charge on any atom is -0.484 e. The van der Waals surface area contributed by atoms with E-state index in [1.165, 1.54) is 19.1 Å². The van der Waals surface area contributed by atoms with E-state index in [2.05, 4.69) is 15.4 Å². The van der Waals surface area contributed by atoms with Crippen LogP contribution in [0.15, 0.2) is 24.3 Å². The Morgan fingerprint density at radius 1 is 0.817 bits per heavy atom. The Bertz CT molecular complexity index is 2110. The van der Waals surface area contributed by atoms with Crippen LogP contribution in [0.4, 0.5) is 0 Å². The van der Waals surface area contributed by atoms with Crippen molar-refractivity contribution in [1.82, 2.24) is 35.0 Å². The summed E-state index contributed by atoms with van der Waals surface area (Å²) < 4.78 is 45.7. The molecule has 2 saturated heterocycles. The van der Waals surface area contributed by atoms with Crippen LogP contribution in [0.25, 0.3) is 0 Å². The van der Waals surface area contributed by atoms with Gasteiger partial charge < -0.3 is 45.3 Å². The summed E-state index contributed by atoms with van der Waals surface area (Å²) in [4.78, 5) is 101. The average Bonchev–Trinajstić information content (AvgIpc) is 3.87. The number of methoxy groups -OCH3 is 2. The molecule has 4 rings (SSSR count). The Morgan fingerprint density at radius 2 is 1.46 bits per heavy atom. The van der Waals surface area contributed by atoms with Crippen LogP contribution in [0.5, 0.6) is 5.75 Å². The lowest BCUT2D eigenvalue weighted by Crippen LogP contribution is -2.59. The number of amides is 7. The van der Waals surface area contributed by atoms with E-state index in [1.54, 1.807) is 48.0 Å². The van der Waals surface area contributed by atoms with Gasteiger partial charge in [0.15, 0.2) is 6.61 Å². The topological polar surface area (TPSA) is 256 Å². The summed E-state index contributed by atoms with van der Waals surface area (Å²) in [5, 5.41) is 5.09. The van der Waals surface area contributed by atoms with Gasteiger partial charge in [-0.15, -0.1) is 0 Å². The van der Waals surface area contributed by atoms with Gasteiger partial charge in [-0.1, -0.05) is 67.0 Å². The van der Waals surface area contributed by atoms with Crippen LogP contribution in [0.3, 0.4) is 0 Å². The zero-order valence-corrected chi connectivity index (χ0v) is 44.8. The number of primary amides is 1. The van der Waals surface area contributed by atoms with Crippen molar-refractivity contribution in [2.24, 2.45) is 35.3 Å². The third-order valence-corrected chi connectivity index (χ3v) is 16.3. The predicted octanol–water partition coefficient (Wildman–Crippen LogP) is 1.68. The highest BCUT2D eigenvalue weighted by molar-refractivity contribution is 7.90. The van der Waals surface area contributed by atoms with Gasteiger partial charge in [0, 0.05) is 47.3 Å². The predicted molar refractivity (Wildman–Crippen MR) is 267 cm³/mol.